The molecule has 1 saturated heterocycles. The van der Waals surface area contributed by atoms with Crippen molar-refractivity contribution in [2.75, 3.05) is 37.3 Å². The number of rotatable bonds is 5. The maximum Gasteiger partial charge on any atom is 0.318 e. The highest BCUT2D eigenvalue weighted by Gasteiger charge is 2.18. The Kier molecular flexibility index (Phi) is 5.87. The van der Waals surface area contributed by atoms with Gasteiger partial charge in [-0.15, -0.1) is 0 Å². The van der Waals surface area contributed by atoms with Gasteiger partial charge in [0.2, 0.25) is 0 Å². The predicted molar refractivity (Wildman–Crippen MR) is 87.9 cm³/mol. The zero-order valence-electron chi connectivity index (χ0n) is 13.0. The standard InChI is InChI=1S/C16H26N4O/c1-3-10-20-11-8-15(9-12-20)18-13-4-6-14(7-5-13)19-16(21)17-2/h4-7,15,18H,3,8-12H2,1-2H3,(H2,17,19,21). The molecule has 0 aromatic heterocycles. The molecule has 1 aromatic carbocycles. The van der Waals surface area contributed by atoms with Crippen LogP contribution in [0.25, 0.3) is 0 Å². The van der Waals surface area contributed by atoms with E-state index in [1.165, 1.54) is 38.9 Å². The molecule has 0 saturated carbocycles. The van der Waals surface area contributed by atoms with Crippen LogP contribution in [0, 0.1) is 0 Å². The summed E-state index contributed by atoms with van der Waals surface area (Å²) >= 11 is 0. The van der Waals surface area contributed by atoms with Gasteiger partial charge in [-0.1, -0.05) is 6.92 Å². The number of anilines is 2. The Balaban J connectivity index is 1.80. The van der Waals surface area contributed by atoms with Crippen molar-refractivity contribution in [3.8, 4) is 0 Å². The Hall–Kier alpha value is -1.75. The molecule has 1 aliphatic heterocycles. The van der Waals surface area contributed by atoms with Crippen LogP contribution in [0.15, 0.2) is 24.3 Å². The molecule has 0 radical (unpaired) electrons. The summed E-state index contributed by atoms with van der Waals surface area (Å²) in [5.41, 5.74) is 1.92. The quantitative estimate of drug-likeness (QED) is 0.781. The largest absolute Gasteiger partial charge is 0.382 e. The van der Waals surface area contributed by atoms with Crippen LogP contribution in [0.1, 0.15) is 26.2 Å². The Labute approximate surface area is 127 Å². The molecule has 116 valence electrons. The number of urea groups is 1. The van der Waals surface area contributed by atoms with Crippen LogP contribution >= 0.6 is 0 Å². The number of hydrogen-bond acceptors (Lipinski definition) is 3. The lowest BCUT2D eigenvalue weighted by Gasteiger charge is -2.32. The zero-order valence-corrected chi connectivity index (χ0v) is 13.0. The second-order valence-electron chi connectivity index (χ2n) is 5.54. The zero-order chi connectivity index (χ0) is 15.1. The molecule has 0 aliphatic carbocycles. The summed E-state index contributed by atoms with van der Waals surface area (Å²) in [6.45, 7) is 5.81. The van der Waals surface area contributed by atoms with Crippen molar-refractivity contribution < 1.29 is 4.79 Å². The van der Waals surface area contributed by atoms with Crippen LogP contribution in [0.3, 0.4) is 0 Å². The SMILES string of the molecule is CCCN1CCC(Nc2ccc(NC(=O)NC)cc2)CC1. The minimum Gasteiger partial charge on any atom is -0.382 e. The summed E-state index contributed by atoms with van der Waals surface area (Å²) < 4.78 is 0. The maximum atomic E-state index is 11.2. The van der Waals surface area contributed by atoms with E-state index < -0.39 is 0 Å². The summed E-state index contributed by atoms with van der Waals surface area (Å²) in [4.78, 5) is 13.8. The summed E-state index contributed by atoms with van der Waals surface area (Å²) in [7, 11) is 1.61. The smallest absolute Gasteiger partial charge is 0.318 e. The lowest BCUT2D eigenvalue weighted by atomic mass is 10.0. The Bertz CT molecular complexity index is 438. The summed E-state index contributed by atoms with van der Waals surface area (Å²) in [5.74, 6) is 0. The summed E-state index contributed by atoms with van der Waals surface area (Å²) in [6, 6.07) is 8.23. The van der Waals surface area contributed by atoms with Crippen molar-refractivity contribution in [1.82, 2.24) is 10.2 Å². The van der Waals surface area contributed by atoms with Gasteiger partial charge in [-0.25, -0.2) is 4.79 Å². The molecule has 3 N–H and O–H groups in total. The molecule has 0 spiro atoms. The minimum absolute atomic E-state index is 0.195. The van der Waals surface area contributed by atoms with E-state index in [0.29, 0.717) is 6.04 Å². The van der Waals surface area contributed by atoms with Crippen molar-refractivity contribution in [3.63, 3.8) is 0 Å². The molecule has 0 bridgehead atoms. The fourth-order valence-corrected chi connectivity index (χ4v) is 2.70. The first kappa shape index (κ1) is 15.6. The van der Waals surface area contributed by atoms with Crippen molar-refractivity contribution in [3.05, 3.63) is 24.3 Å². The van der Waals surface area contributed by atoms with Gasteiger partial charge in [0.05, 0.1) is 0 Å². The number of nitrogens with zero attached hydrogens (tertiary/aromatic N) is 1. The van der Waals surface area contributed by atoms with Gasteiger partial charge < -0.3 is 20.9 Å². The van der Waals surface area contributed by atoms with Crippen molar-refractivity contribution in [2.24, 2.45) is 0 Å². The van der Waals surface area contributed by atoms with Crippen LogP contribution in [0.4, 0.5) is 16.2 Å². The number of amides is 2. The third-order valence-electron chi connectivity index (χ3n) is 3.87. The Morgan fingerprint density at radius 3 is 2.38 bits per heavy atom. The van der Waals surface area contributed by atoms with E-state index in [4.69, 9.17) is 0 Å². The Morgan fingerprint density at radius 2 is 1.81 bits per heavy atom. The second-order valence-corrected chi connectivity index (χ2v) is 5.54. The third-order valence-corrected chi connectivity index (χ3v) is 3.87. The molecule has 1 aliphatic rings. The van der Waals surface area contributed by atoms with Crippen molar-refractivity contribution in [1.29, 1.82) is 0 Å². The summed E-state index contributed by atoms with van der Waals surface area (Å²) in [6.07, 6.45) is 3.62. The van der Waals surface area contributed by atoms with Gasteiger partial charge in [-0.2, -0.15) is 0 Å². The normalized spacial score (nSPS) is 16.5. The first-order valence-electron chi connectivity index (χ1n) is 7.79. The number of likely N-dealkylation sites (tertiary alicyclic amines) is 1. The van der Waals surface area contributed by atoms with Gasteiger partial charge in [0.15, 0.2) is 0 Å². The highest BCUT2D eigenvalue weighted by Crippen LogP contribution is 2.18. The molecule has 5 heteroatoms. The van der Waals surface area contributed by atoms with E-state index in [2.05, 4.69) is 27.8 Å². The van der Waals surface area contributed by atoms with E-state index >= 15 is 0 Å². The first-order valence-corrected chi connectivity index (χ1v) is 7.79. The lowest BCUT2D eigenvalue weighted by Crippen LogP contribution is -2.39. The van der Waals surface area contributed by atoms with Crippen molar-refractivity contribution >= 4 is 17.4 Å². The number of nitrogens with one attached hydrogen (secondary N) is 3. The molecule has 5 nitrogen and oxygen atoms in total. The number of carbonyl (C=O) groups is 1. The topological polar surface area (TPSA) is 56.4 Å². The molecule has 2 rings (SSSR count). The molecule has 2 amide bonds. The predicted octanol–water partition coefficient (Wildman–Crippen LogP) is 2.72. The van der Waals surface area contributed by atoms with Gasteiger partial charge in [0.1, 0.15) is 0 Å². The molecule has 1 aromatic rings. The average Bonchev–Trinajstić information content (AvgIpc) is 2.51. The van der Waals surface area contributed by atoms with Crippen LogP contribution < -0.4 is 16.0 Å². The third kappa shape index (κ3) is 4.93. The van der Waals surface area contributed by atoms with Gasteiger partial charge in [-0.05, 0) is 50.1 Å². The van der Waals surface area contributed by atoms with Gasteiger partial charge in [-0.3, -0.25) is 0 Å². The maximum absolute atomic E-state index is 11.2. The van der Waals surface area contributed by atoms with Crippen LogP contribution in [0.2, 0.25) is 0 Å². The molecule has 1 heterocycles. The van der Waals surface area contributed by atoms with Gasteiger partial charge >= 0.3 is 6.03 Å². The van der Waals surface area contributed by atoms with E-state index in [1.807, 2.05) is 24.3 Å². The molecule has 0 unspecified atom stereocenters. The Morgan fingerprint density at radius 1 is 1.19 bits per heavy atom. The van der Waals surface area contributed by atoms with Crippen LogP contribution in [-0.2, 0) is 0 Å². The van der Waals surface area contributed by atoms with Gasteiger partial charge in [0, 0.05) is 37.6 Å². The van der Waals surface area contributed by atoms with Crippen LogP contribution in [0.5, 0.6) is 0 Å². The van der Waals surface area contributed by atoms with E-state index in [-0.39, 0.29) is 6.03 Å². The number of hydrogen-bond donors (Lipinski definition) is 3. The van der Waals surface area contributed by atoms with E-state index in [1.54, 1.807) is 7.05 Å². The number of benzene rings is 1. The van der Waals surface area contributed by atoms with Crippen molar-refractivity contribution in [2.45, 2.75) is 32.2 Å². The second kappa shape index (κ2) is 7.88. The van der Waals surface area contributed by atoms with Crippen LogP contribution in [-0.4, -0.2) is 43.7 Å². The molecular weight excluding hydrogens is 264 g/mol. The summed E-state index contributed by atoms with van der Waals surface area (Å²) in [5, 5.41) is 8.88. The monoisotopic (exact) mass is 290 g/mol. The molecular formula is C16H26N4O. The highest BCUT2D eigenvalue weighted by molar-refractivity contribution is 5.89. The highest BCUT2D eigenvalue weighted by atomic mass is 16.2. The fourth-order valence-electron chi connectivity index (χ4n) is 2.70. The number of piperidine rings is 1. The molecule has 21 heavy (non-hydrogen) atoms. The molecule has 1 fully saturated rings. The average molecular weight is 290 g/mol. The van der Waals surface area contributed by atoms with E-state index in [9.17, 15) is 4.79 Å². The fraction of sp³-hybridized carbons (Fsp3) is 0.562. The number of carbonyl (C=O) groups excluding carboxylic acids is 1. The molecule has 0 atom stereocenters. The first-order chi connectivity index (χ1) is 10.2. The van der Waals surface area contributed by atoms with E-state index in [0.717, 1.165) is 11.4 Å². The van der Waals surface area contributed by atoms with Gasteiger partial charge in [0.25, 0.3) is 0 Å². The lowest BCUT2D eigenvalue weighted by molar-refractivity contribution is 0.219. The minimum atomic E-state index is -0.195.